The molecule has 0 spiro atoms. The molecule has 1 aliphatic heterocycles. The molecular weight excluding hydrogens is 388 g/mol. The standard InChI is InChI=1S/C24H30N6O/c1-16-7-9-21-22(14-16)27-24(26-21)19-6-4-12-29(15-19)23(31)10-8-20-17(2)28-30(18(20)3)13-5-11-25/h7,9,14,19H,4-6,8,10,12-13,15H2,1-3H3,(H,26,27). The van der Waals surface area contributed by atoms with Crippen molar-refractivity contribution in [3.63, 3.8) is 0 Å². The third-order valence-corrected chi connectivity index (χ3v) is 6.37. The Bertz CT molecular complexity index is 1140. The van der Waals surface area contributed by atoms with Gasteiger partial charge < -0.3 is 9.88 Å². The first-order valence-electron chi connectivity index (χ1n) is 11.1. The summed E-state index contributed by atoms with van der Waals surface area (Å²) in [5.74, 6) is 1.44. The summed E-state index contributed by atoms with van der Waals surface area (Å²) in [5.41, 5.74) is 6.42. The second-order valence-corrected chi connectivity index (χ2v) is 8.60. The predicted octanol–water partition coefficient (Wildman–Crippen LogP) is 3.94. The summed E-state index contributed by atoms with van der Waals surface area (Å²) in [6.45, 7) is 8.22. The fourth-order valence-corrected chi connectivity index (χ4v) is 4.62. The molecule has 0 radical (unpaired) electrons. The van der Waals surface area contributed by atoms with Crippen LogP contribution in [0.3, 0.4) is 0 Å². The van der Waals surface area contributed by atoms with E-state index in [4.69, 9.17) is 10.2 Å². The van der Waals surface area contributed by atoms with Crippen molar-refractivity contribution in [1.29, 1.82) is 5.26 Å². The lowest BCUT2D eigenvalue weighted by atomic mass is 9.96. The topological polar surface area (TPSA) is 90.6 Å². The smallest absolute Gasteiger partial charge is 0.222 e. The molecule has 0 saturated carbocycles. The van der Waals surface area contributed by atoms with Gasteiger partial charge >= 0.3 is 0 Å². The first-order valence-corrected chi connectivity index (χ1v) is 11.1. The van der Waals surface area contributed by atoms with E-state index >= 15 is 0 Å². The summed E-state index contributed by atoms with van der Waals surface area (Å²) in [4.78, 5) is 23.3. The molecule has 1 amide bonds. The maximum absolute atomic E-state index is 13.0. The van der Waals surface area contributed by atoms with Gasteiger partial charge in [0, 0.05) is 31.1 Å². The van der Waals surface area contributed by atoms with Crippen LogP contribution in [0.25, 0.3) is 11.0 Å². The lowest BCUT2D eigenvalue weighted by molar-refractivity contribution is -0.132. The highest BCUT2D eigenvalue weighted by molar-refractivity contribution is 5.77. The van der Waals surface area contributed by atoms with E-state index in [1.807, 2.05) is 23.4 Å². The summed E-state index contributed by atoms with van der Waals surface area (Å²) in [5, 5.41) is 13.4. The van der Waals surface area contributed by atoms with Gasteiger partial charge in [0.2, 0.25) is 5.91 Å². The Morgan fingerprint density at radius 3 is 2.97 bits per heavy atom. The highest BCUT2D eigenvalue weighted by Gasteiger charge is 2.27. The number of piperidine rings is 1. The number of H-pyrrole nitrogens is 1. The van der Waals surface area contributed by atoms with Crippen LogP contribution >= 0.6 is 0 Å². The first kappa shape index (κ1) is 21.1. The lowest BCUT2D eigenvalue weighted by Gasteiger charge is -2.32. The number of aromatic nitrogens is 4. The SMILES string of the molecule is Cc1ccc2nc(C3CCCN(C(=O)CCc4c(C)nn(CCC#N)c4C)C3)[nH]c2c1. The summed E-state index contributed by atoms with van der Waals surface area (Å²) in [6, 6.07) is 8.42. The molecule has 3 aromatic rings. The number of nitrogens with zero attached hydrogens (tertiary/aromatic N) is 5. The Hall–Kier alpha value is -3.14. The van der Waals surface area contributed by atoms with Crippen molar-refractivity contribution in [2.24, 2.45) is 0 Å². The molecule has 1 aromatic carbocycles. The van der Waals surface area contributed by atoms with E-state index in [1.165, 1.54) is 5.56 Å². The van der Waals surface area contributed by atoms with E-state index in [9.17, 15) is 4.79 Å². The summed E-state index contributed by atoms with van der Waals surface area (Å²) >= 11 is 0. The van der Waals surface area contributed by atoms with E-state index in [1.54, 1.807) is 0 Å². The van der Waals surface area contributed by atoms with Crippen LogP contribution in [-0.4, -0.2) is 43.6 Å². The molecule has 162 valence electrons. The minimum absolute atomic E-state index is 0.195. The molecular formula is C24H30N6O. The molecule has 7 heteroatoms. The molecule has 31 heavy (non-hydrogen) atoms. The third kappa shape index (κ3) is 4.48. The number of carbonyl (C=O) groups is 1. The number of rotatable bonds is 6. The van der Waals surface area contributed by atoms with Gasteiger partial charge in [-0.3, -0.25) is 9.48 Å². The highest BCUT2D eigenvalue weighted by Crippen LogP contribution is 2.28. The number of hydrogen-bond acceptors (Lipinski definition) is 4. The van der Waals surface area contributed by atoms with Crippen LogP contribution in [0.1, 0.15) is 59.9 Å². The molecule has 2 aromatic heterocycles. The van der Waals surface area contributed by atoms with Crippen LogP contribution in [0, 0.1) is 32.1 Å². The number of fused-ring (bicyclic) bond motifs is 1. The van der Waals surface area contributed by atoms with Crippen molar-refractivity contribution in [2.75, 3.05) is 13.1 Å². The normalized spacial score (nSPS) is 16.6. The molecule has 4 rings (SSSR count). The molecule has 1 aliphatic rings. The largest absolute Gasteiger partial charge is 0.342 e. The lowest BCUT2D eigenvalue weighted by Crippen LogP contribution is -2.39. The highest BCUT2D eigenvalue weighted by atomic mass is 16.2. The van der Waals surface area contributed by atoms with Crippen molar-refractivity contribution in [3.8, 4) is 6.07 Å². The van der Waals surface area contributed by atoms with Crippen LogP contribution in [-0.2, 0) is 17.8 Å². The van der Waals surface area contributed by atoms with Gasteiger partial charge in [-0.25, -0.2) is 4.98 Å². The molecule has 1 saturated heterocycles. The molecule has 3 heterocycles. The van der Waals surface area contributed by atoms with Crippen LogP contribution in [0.5, 0.6) is 0 Å². The minimum atomic E-state index is 0.195. The van der Waals surface area contributed by atoms with Crippen LogP contribution in [0.15, 0.2) is 18.2 Å². The zero-order valence-electron chi connectivity index (χ0n) is 18.6. The molecule has 1 atom stereocenters. The van der Waals surface area contributed by atoms with E-state index in [0.29, 0.717) is 25.8 Å². The zero-order valence-corrected chi connectivity index (χ0v) is 18.6. The van der Waals surface area contributed by atoms with Gasteiger partial charge in [-0.05, 0) is 63.3 Å². The number of imidazole rings is 1. The van der Waals surface area contributed by atoms with Gasteiger partial charge in [0.15, 0.2) is 0 Å². The van der Waals surface area contributed by atoms with Crippen molar-refractivity contribution in [1.82, 2.24) is 24.6 Å². The number of aryl methyl sites for hydroxylation is 3. The molecule has 0 aliphatic carbocycles. The fraction of sp³-hybridized carbons (Fsp3) is 0.500. The van der Waals surface area contributed by atoms with Crippen molar-refractivity contribution in [3.05, 3.63) is 46.5 Å². The van der Waals surface area contributed by atoms with Crippen LogP contribution < -0.4 is 0 Å². The molecule has 1 fully saturated rings. The molecule has 1 unspecified atom stereocenters. The van der Waals surface area contributed by atoms with Gasteiger partial charge in [-0.1, -0.05) is 6.07 Å². The number of hydrogen-bond donors (Lipinski definition) is 1. The number of likely N-dealkylation sites (tertiary alicyclic amines) is 1. The monoisotopic (exact) mass is 418 g/mol. The quantitative estimate of drug-likeness (QED) is 0.656. The number of nitriles is 1. The predicted molar refractivity (Wildman–Crippen MR) is 120 cm³/mol. The first-order chi connectivity index (χ1) is 15.0. The maximum Gasteiger partial charge on any atom is 0.222 e. The Morgan fingerprint density at radius 1 is 1.32 bits per heavy atom. The summed E-state index contributed by atoms with van der Waals surface area (Å²) in [6.07, 6.45) is 3.66. The summed E-state index contributed by atoms with van der Waals surface area (Å²) < 4.78 is 1.89. The van der Waals surface area contributed by atoms with Gasteiger partial charge in [-0.2, -0.15) is 10.4 Å². The zero-order chi connectivity index (χ0) is 22.0. The summed E-state index contributed by atoms with van der Waals surface area (Å²) in [7, 11) is 0. The average Bonchev–Trinajstić information content (AvgIpc) is 3.30. The van der Waals surface area contributed by atoms with Crippen molar-refractivity contribution in [2.45, 2.75) is 65.3 Å². The Labute approximate surface area is 183 Å². The van der Waals surface area contributed by atoms with Crippen molar-refractivity contribution < 1.29 is 4.79 Å². The number of amides is 1. The number of aromatic amines is 1. The Balaban J connectivity index is 1.40. The second-order valence-electron chi connectivity index (χ2n) is 8.60. The number of nitrogens with one attached hydrogen (secondary N) is 1. The van der Waals surface area contributed by atoms with Gasteiger partial charge in [-0.15, -0.1) is 0 Å². The fourth-order valence-electron chi connectivity index (χ4n) is 4.62. The van der Waals surface area contributed by atoms with E-state index < -0.39 is 0 Å². The van der Waals surface area contributed by atoms with Crippen LogP contribution in [0.2, 0.25) is 0 Å². The average molecular weight is 419 g/mol. The Morgan fingerprint density at radius 2 is 2.16 bits per heavy atom. The van der Waals surface area contributed by atoms with E-state index in [-0.39, 0.29) is 11.8 Å². The number of benzene rings is 1. The third-order valence-electron chi connectivity index (χ3n) is 6.37. The molecule has 7 nitrogen and oxygen atoms in total. The van der Waals surface area contributed by atoms with E-state index in [2.05, 4.69) is 41.3 Å². The molecule has 1 N–H and O–H groups in total. The number of carbonyl (C=O) groups excluding carboxylic acids is 1. The van der Waals surface area contributed by atoms with Gasteiger partial charge in [0.05, 0.1) is 35.8 Å². The van der Waals surface area contributed by atoms with Crippen molar-refractivity contribution >= 4 is 16.9 Å². The molecule has 0 bridgehead atoms. The maximum atomic E-state index is 13.0. The van der Waals surface area contributed by atoms with Gasteiger partial charge in [0.25, 0.3) is 0 Å². The van der Waals surface area contributed by atoms with E-state index in [0.717, 1.165) is 59.7 Å². The van der Waals surface area contributed by atoms with Gasteiger partial charge in [0.1, 0.15) is 5.82 Å². The van der Waals surface area contributed by atoms with Crippen LogP contribution in [0.4, 0.5) is 0 Å². The minimum Gasteiger partial charge on any atom is -0.342 e. The Kier molecular flexibility index (Phi) is 6.08. The second kappa shape index (κ2) is 8.93.